The first-order valence-corrected chi connectivity index (χ1v) is 7.63. The van der Waals surface area contributed by atoms with Gasteiger partial charge in [-0.1, -0.05) is 85.5 Å². The molecule has 0 spiro atoms. The predicted molar refractivity (Wildman–Crippen MR) is 75.5 cm³/mol. The van der Waals surface area contributed by atoms with Crippen molar-refractivity contribution in [1.82, 2.24) is 0 Å². The van der Waals surface area contributed by atoms with E-state index in [1.807, 2.05) is 0 Å². The average Bonchev–Trinajstić information content (AvgIpc) is 2.27. The van der Waals surface area contributed by atoms with Gasteiger partial charge in [0.2, 0.25) is 0 Å². The molecule has 0 bridgehead atoms. The molecule has 0 heterocycles. The Balaban J connectivity index is 3.98. The third-order valence-corrected chi connectivity index (χ3v) is 3.45. The topological polar surface area (TPSA) is 0 Å². The van der Waals surface area contributed by atoms with Gasteiger partial charge >= 0.3 is 0 Å². The Morgan fingerprint density at radius 2 is 1.06 bits per heavy atom. The minimum absolute atomic E-state index is 0.892. The molecule has 1 unspecified atom stereocenters. The molecule has 0 rings (SSSR count). The van der Waals surface area contributed by atoms with Crippen molar-refractivity contribution in [2.45, 2.75) is 85.5 Å². The summed E-state index contributed by atoms with van der Waals surface area (Å²) in [7, 11) is 0. The lowest BCUT2D eigenvalue weighted by Gasteiger charge is -2.22. The van der Waals surface area contributed by atoms with Gasteiger partial charge in [0, 0.05) is 0 Å². The third kappa shape index (κ3) is 8.19. The molecule has 0 fully saturated rings. The van der Waals surface area contributed by atoms with Gasteiger partial charge in [-0.3, -0.25) is 0 Å². The number of rotatable bonds is 11. The Hall–Kier alpha value is 0. The molecule has 0 nitrogen and oxygen atoms in total. The maximum Gasteiger partial charge on any atom is -0.0324 e. The van der Waals surface area contributed by atoms with Crippen LogP contribution in [-0.4, -0.2) is 0 Å². The van der Waals surface area contributed by atoms with E-state index in [0.717, 1.165) is 11.8 Å². The predicted octanol–water partition coefficient (Wildman–Crippen LogP) is 6.01. The van der Waals surface area contributed by atoms with E-state index in [2.05, 4.69) is 34.1 Å². The summed E-state index contributed by atoms with van der Waals surface area (Å²) in [6.07, 6.45) is 15.1. The van der Waals surface area contributed by atoms with E-state index in [9.17, 15) is 0 Å². The molecular weight excluding hydrogens is 192 g/mol. The van der Waals surface area contributed by atoms with Crippen molar-refractivity contribution in [3.8, 4) is 0 Å². The van der Waals surface area contributed by atoms with E-state index in [1.165, 1.54) is 57.8 Å². The molecule has 97 valence electrons. The number of unbranched alkanes of at least 4 members (excludes halogenated alkanes) is 1. The average molecular weight is 225 g/mol. The fourth-order valence-corrected chi connectivity index (χ4v) is 2.64. The smallest absolute Gasteiger partial charge is 0.0324 e. The Morgan fingerprint density at radius 1 is 0.625 bits per heavy atom. The molecule has 0 saturated heterocycles. The highest BCUT2D eigenvalue weighted by atomic mass is 14.2. The fourth-order valence-electron chi connectivity index (χ4n) is 2.64. The van der Waals surface area contributed by atoms with Crippen molar-refractivity contribution in [1.29, 1.82) is 0 Å². The fraction of sp³-hybridized carbons (Fsp3) is 0.938. The largest absolute Gasteiger partial charge is 0.0654 e. The second kappa shape index (κ2) is 11.5. The molecule has 0 aliphatic heterocycles. The molecule has 1 atom stereocenters. The Bertz CT molecular complexity index is 122. The molecule has 0 aliphatic carbocycles. The van der Waals surface area contributed by atoms with E-state index < -0.39 is 0 Å². The molecule has 0 aliphatic rings. The molecule has 0 heteroatoms. The quantitative estimate of drug-likeness (QED) is 0.404. The molecule has 16 heavy (non-hydrogen) atoms. The maximum atomic E-state index is 2.70. The van der Waals surface area contributed by atoms with Gasteiger partial charge in [0.05, 0.1) is 0 Å². The van der Waals surface area contributed by atoms with Crippen molar-refractivity contribution in [2.75, 3.05) is 0 Å². The van der Waals surface area contributed by atoms with E-state index in [4.69, 9.17) is 0 Å². The number of hydrogen-bond donors (Lipinski definition) is 0. The molecule has 1 radical (unpaired) electrons. The van der Waals surface area contributed by atoms with Gasteiger partial charge in [-0.25, -0.2) is 0 Å². The summed E-state index contributed by atoms with van der Waals surface area (Å²) in [6, 6.07) is 0. The molecular formula is C16H33. The van der Waals surface area contributed by atoms with Crippen molar-refractivity contribution >= 4 is 0 Å². The molecule has 0 saturated carbocycles. The van der Waals surface area contributed by atoms with Crippen LogP contribution in [0.4, 0.5) is 0 Å². The Labute approximate surface area is 104 Å². The van der Waals surface area contributed by atoms with Gasteiger partial charge in [-0.15, -0.1) is 0 Å². The minimum Gasteiger partial charge on any atom is -0.0654 e. The highest BCUT2D eigenvalue weighted by molar-refractivity contribution is 4.83. The molecule has 0 amide bonds. The van der Waals surface area contributed by atoms with Crippen LogP contribution in [0.15, 0.2) is 0 Å². The van der Waals surface area contributed by atoms with Crippen LogP contribution in [-0.2, 0) is 0 Å². The summed E-state index contributed by atoms with van der Waals surface area (Å²) in [4.78, 5) is 0. The van der Waals surface area contributed by atoms with Gasteiger partial charge in [-0.05, 0) is 18.3 Å². The van der Waals surface area contributed by atoms with Crippen LogP contribution in [0.2, 0.25) is 0 Å². The van der Waals surface area contributed by atoms with E-state index in [0.29, 0.717) is 0 Å². The van der Waals surface area contributed by atoms with Crippen LogP contribution in [0.25, 0.3) is 0 Å². The van der Waals surface area contributed by atoms with Gasteiger partial charge in [-0.2, -0.15) is 0 Å². The van der Waals surface area contributed by atoms with Crippen LogP contribution in [0.1, 0.15) is 85.5 Å². The SMILES string of the molecule is CCCCC([CH]C(CCC)CCC)CCC. The van der Waals surface area contributed by atoms with Crippen molar-refractivity contribution in [2.24, 2.45) is 11.8 Å². The summed E-state index contributed by atoms with van der Waals surface area (Å²) >= 11 is 0. The molecule has 0 N–H and O–H groups in total. The normalized spacial score (nSPS) is 13.3. The summed E-state index contributed by atoms with van der Waals surface area (Å²) < 4.78 is 0. The zero-order chi connectivity index (χ0) is 12.2. The summed E-state index contributed by atoms with van der Waals surface area (Å²) in [5.74, 6) is 1.79. The van der Waals surface area contributed by atoms with Crippen molar-refractivity contribution in [3.05, 3.63) is 6.42 Å². The standard InChI is InChI=1S/C16H33/c1-5-9-13-16(12-8-4)14-15(10-6-2)11-7-3/h14-16H,5-13H2,1-4H3. The summed E-state index contributed by atoms with van der Waals surface area (Å²) in [5.41, 5.74) is 0. The monoisotopic (exact) mass is 225 g/mol. The van der Waals surface area contributed by atoms with Gasteiger partial charge in [0.15, 0.2) is 0 Å². The highest BCUT2D eigenvalue weighted by Crippen LogP contribution is 2.27. The van der Waals surface area contributed by atoms with Crippen molar-refractivity contribution < 1.29 is 0 Å². The third-order valence-electron chi connectivity index (χ3n) is 3.45. The van der Waals surface area contributed by atoms with Crippen molar-refractivity contribution in [3.63, 3.8) is 0 Å². The van der Waals surface area contributed by atoms with Crippen LogP contribution in [0.3, 0.4) is 0 Å². The lowest BCUT2D eigenvalue weighted by Crippen LogP contribution is -2.10. The molecule has 0 aromatic rings. The van der Waals surface area contributed by atoms with E-state index in [1.54, 1.807) is 0 Å². The number of hydrogen-bond acceptors (Lipinski definition) is 0. The highest BCUT2D eigenvalue weighted by Gasteiger charge is 2.14. The van der Waals surface area contributed by atoms with Gasteiger partial charge in [0.25, 0.3) is 0 Å². The minimum atomic E-state index is 0.892. The molecule has 0 aromatic carbocycles. The van der Waals surface area contributed by atoms with E-state index >= 15 is 0 Å². The first-order chi connectivity index (χ1) is 7.78. The summed E-state index contributed by atoms with van der Waals surface area (Å²) in [6.45, 7) is 9.26. The van der Waals surface area contributed by atoms with Crippen LogP contribution >= 0.6 is 0 Å². The van der Waals surface area contributed by atoms with Crippen LogP contribution < -0.4 is 0 Å². The first-order valence-electron chi connectivity index (χ1n) is 7.63. The zero-order valence-corrected chi connectivity index (χ0v) is 12.1. The molecule has 0 aromatic heterocycles. The second-order valence-electron chi connectivity index (χ2n) is 5.22. The zero-order valence-electron chi connectivity index (χ0n) is 12.1. The van der Waals surface area contributed by atoms with Gasteiger partial charge < -0.3 is 0 Å². The van der Waals surface area contributed by atoms with E-state index in [-0.39, 0.29) is 0 Å². The first kappa shape index (κ1) is 16.0. The van der Waals surface area contributed by atoms with Crippen LogP contribution in [0, 0.1) is 18.3 Å². The Morgan fingerprint density at radius 3 is 1.44 bits per heavy atom. The lowest BCUT2D eigenvalue weighted by atomic mass is 9.83. The lowest BCUT2D eigenvalue weighted by molar-refractivity contribution is 0.391. The Kier molecular flexibility index (Phi) is 11.5. The van der Waals surface area contributed by atoms with Gasteiger partial charge in [0.1, 0.15) is 0 Å². The second-order valence-corrected chi connectivity index (χ2v) is 5.22. The maximum absolute atomic E-state index is 2.70. The summed E-state index contributed by atoms with van der Waals surface area (Å²) in [5, 5.41) is 0. The van der Waals surface area contributed by atoms with Crippen LogP contribution in [0.5, 0.6) is 0 Å².